The minimum atomic E-state index is -0.535. The third-order valence-corrected chi connectivity index (χ3v) is 6.42. The molecule has 4 atom stereocenters. The van der Waals surface area contributed by atoms with Crippen LogP contribution in [0.25, 0.3) is 0 Å². The summed E-state index contributed by atoms with van der Waals surface area (Å²) in [5.74, 6) is -0.131. The van der Waals surface area contributed by atoms with Crippen molar-refractivity contribution in [2.45, 2.75) is 43.7 Å². The molecule has 0 spiro atoms. The van der Waals surface area contributed by atoms with Gasteiger partial charge in [0.25, 0.3) is 0 Å². The minimum Gasteiger partial charge on any atom is -0.466 e. The monoisotopic (exact) mass is 403 g/mol. The molecule has 1 aromatic carbocycles. The van der Waals surface area contributed by atoms with Gasteiger partial charge < -0.3 is 14.4 Å². The van der Waals surface area contributed by atoms with E-state index < -0.39 is 12.0 Å². The first-order chi connectivity index (χ1) is 13.6. The maximum absolute atomic E-state index is 12.8. The van der Waals surface area contributed by atoms with Crippen molar-refractivity contribution in [2.24, 2.45) is 5.92 Å². The highest BCUT2D eigenvalue weighted by atomic mass is 32.2. The summed E-state index contributed by atoms with van der Waals surface area (Å²) in [6.45, 7) is 2.25. The molecular weight excluding hydrogens is 378 g/mol. The predicted octanol–water partition coefficient (Wildman–Crippen LogP) is 2.57. The molecule has 1 amide bonds. The Morgan fingerprint density at radius 2 is 2.04 bits per heavy atom. The van der Waals surface area contributed by atoms with Gasteiger partial charge in [0.1, 0.15) is 12.6 Å². The van der Waals surface area contributed by atoms with Crippen molar-refractivity contribution in [3.8, 4) is 0 Å². The van der Waals surface area contributed by atoms with Crippen LogP contribution >= 0.6 is 11.8 Å². The van der Waals surface area contributed by atoms with Crippen LogP contribution in [0.2, 0.25) is 0 Å². The van der Waals surface area contributed by atoms with Crippen LogP contribution in [-0.4, -0.2) is 52.9 Å². The van der Waals surface area contributed by atoms with E-state index >= 15 is 0 Å². The van der Waals surface area contributed by atoms with Gasteiger partial charge in [-0.25, -0.2) is 9.59 Å². The van der Waals surface area contributed by atoms with Gasteiger partial charge in [-0.15, -0.1) is 0 Å². The lowest BCUT2D eigenvalue weighted by molar-refractivity contribution is -0.166. The minimum absolute atomic E-state index is 0.0214. The van der Waals surface area contributed by atoms with Crippen LogP contribution in [0.3, 0.4) is 0 Å². The van der Waals surface area contributed by atoms with Crippen LogP contribution in [0.4, 0.5) is 0 Å². The number of fused-ring (bicyclic) bond motifs is 1. The highest BCUT2D eigenvalue weighted by Gasteiger charge is 2.59. The Balaban J connectivity index is 1.64. The molecule has 2 heterocycles. The fourth-order valence-electron chi connectivity index (χ4n) is 3.89. The zero-order valence-electron chi connectivity index (χ0n) is 16.1. The zero-order valence-corrected chi connectivity index (χ0v) is 16.9. The number of carbonyl (C=O) groups is 3. The Morgan fingerprint density at radius 1 is 1.29 bits per heavy atom. The van der Waals surface area contributed by atoms with E-state index in [4.69, 9.17) is 4.74 Å². The first-order valence-corrected chi connectivity index (χ1v) is 10.5. The molecule has 7 heteroatoms. The molecule has 150 valence electrons. The van der Waals surface area contributed by atoms with E-state index in [1.54, 1.807) is 22.7 Å². The normalized spacial score (nSPS) is 26.1. The van der Waals surface area contributed by atoms with Gasteiger partial charge in [-0.1, -0.05) is 43.3 Å². The van der Waals surface area contributed by atoms with E-state index in [0.29, 0.717) is 6.42 Å². The molecule has 3 rings (SSSR count). The molecule has 0 bridgehead atoms. The van der Waals surface area contributed by atoms with E-state index in [1.807, 2.05) is 37.3 Å². The summed E-state index contributed by atoms with van der Waals surface area (Å²) in [5.41, 5.74) is 0.922. The molecule has 6 nitrogen and oxygen atoms in total. The number of thioether (sulfide) groups is 1. The zero-order chi connectivity index (χ0) is 20.1. The van der Waals surface area contributed by atoms with Gasteiger partial charge in [0.15, 0.2) is 0 Å². The Kier molecular flexibility index (Phi) is 6.78. The summed E-state index contributed by atoms with van der Waals surface area (Å²) in [6.07, 6.45) is 4.26. The van der Waals surface area contributed by atoms with E-state index in [9.17, 15) is 14.4 Å². The SMILES string of the molecule is CCSC1CC2C(CC=CC(=O)OC)C(=O)N2[C@H]1C(=O)OCc1ccccc1. The van der Waals surface area contributed by atoms with Crippen molar-refractivity contribution in [1.82, 2.24) is 4.90 Å². The number of ether oxygens (including phenoxy) is 2. The Labute approximate surface area is 169 Å². The van der Waals surface area contributed by atoms with Crippen LogP contribution in [0, 0.1) is 5.92 Å². The van der Waals surface area contributed by atoms with Crippen LogP contribution in [0.15, 0.2) is 42.5 Å². The molecule has 1 aromatic rings. The van der Waals surface area contributed by atoms with Crippen LogP contribution in [0.5, 0.6) is 0 Å². The van der Waals surface area contributed by atoms with Gasteiger partial charge in [0, 0.05) is 17.4 Å². The lowest BCUT2D eigenvalue weighted by atomic mass is 9.85. The first kappa shape index (κ1) is 20.5. The van der Waals surface area contributed by atoms with Crippen molar-refractivity contribution in [3.05, 3.63) is 48.0 Å². The molecule has 2 aliphatic heterocycles. The smallest absolute Gasteiger partial charge is 0.330 e. The number of β-lactam (4-membered cyclic amide) rings is 1. The largest absolute Gasteiger partial charge is 0.466 e. The van der Waals surface area contributed by atoms with Gasteiger partial charge in [-0.3, -0.25) is 4.79 Å². The maximum Gasteiger partial charge on any atom is 0.330 e. The Morgan fingerprint density at radius 3 is 2.71 bits per heavy atom. The third kappa shape index (κ3) is 4.24. The highest BCUT2D eigenvalue weighted by Crippen LogP contribution is 2.45. The van der Waals surface area contributed by atoms with E-state index in [1.165, 1.54) is 13.2 Å². The average Bonchev–Trinajstić information content (AvgIpc) is 3.05. The molecular formula is C21H25NO5S. The summed E-state index contributed by atoms with van der Waals surface area (Å²) in [7, 11) is 1.32. The summed E-state index contributed by atoms with van der Waals surface area (Å²) in [5, 5.41) is 0.0387. The van der Waals surface area contributed by atoms with Gasteiger partial charge in [-0.05, 0) is 24.2 Å². The van der Waals surface area contributed by atoms with Crippen molar-refractivity contribution >= 4 is 29.6 Å². The highest BCUT2D eigenvalue weighted by molar-refractivity contribution is 7.99. The number of methoxy groups -OCH3 is 1. The molecule has 0 N–H and O–H groups in total. The molecule has 2 saturated heterocycles. The number of carbonyl (C=O) groups excluding carboxylic acids is 3. The molecule has 3 unspecified atom stereocenters. The van der Waals surface area contributed by atoms with Crippen molar-refractivity contribution in [2.75, 3.05) is 12.9 Å². The van der Waals surface area contributed by atoms with Crippen molar-refractivity contribution in [1.29, 1.82) is 0 Å². The third-order valence-electron chi connectivity index (χ3n) is 5.21. The van der Waals surface area contributed by atoms with Gasteiger partial charge >= 0.3 is 11.9 Å². The van der Waals surface area contributed by atoms with E-state index in [0.717, 1.165) is 17.7 Å². The molecule has 0 aliphatic carbocycles. The number of hydrogen-bond donors (Lipinski definition) is 0. The van der Waals surface area contributed by atoms with Crippen LogP contribution < -0.4 is 0 Å². The first-order valence-electron chi connectivity index (χ1n) is 9.45. The van der Waals surface area contributed by atoms with Crippen LogP contribution in [0.1, 0.15) is 25.3 Å². The predicted molar refractivity (Wildman–Crippen MR) is 106 cm³/mol. The Hall–Kier alpha value is -2.28. The lowest BCUT2D eigenvalue weighted by Crippen LogP contribution is -2.62. The second-order valence-corrected chi connectivity index (χ2v) is 8.36. The molecule has 2 fully saturated rings. The Bertz CT molecular complexity index is 750. The number of nitrogens with zero attached hydrogens (tertiary/aromatic N) is 1. The van der Waals surface area contributed by atoms with Crippen molar-refractivity contribution in [3.63, 3.8) is 0 Å². The summed E-state index contributed by atoms with van der Waals surface area (Å²) >= 11 is 1.69. The van der Waals surface area contributed by atoms with E-state index in [2.05, 4.69) is 4.74 Å². The van der Waals surface area contributed by atoms with Gasteiger partial charge in [0.2, 0.25) is 5.91 Å². The standard InChI is InChI=1S/C21H25NO5S/c1-3-28-17-12-16-15(10-7-11-18(23)26-2)20(24)22(16)19(17)21(25)27-13-14-8-5-4-6-9-14/h4-9,11,15-17,19H,3,10,12-13H2,1-2H3/t15?,16?,17?,19-/m1/s1. The second-order valence-electron chi connectivity index (χ2n) is 6.85. The molecule has 28 heavy (non-hydrogen) atoms. The number of rotatable bonds is 8. The summed E-state index contributed by atoms with van der Waals surface area (Å²) < 4.78 is 10.1. The topological polar surface area (TPSA) is 72.9 Å². The quantitative estimate of drug-likeness (QED) is 0.377. The number of allylic oxidation sites excluding steroid dienone is 1. The number of benzene rings is 1. The number of esters is 2. The number of hydrogen-bond acceptors (Lipinski definition) is 6. The average molecular weight is 404 g/mol. The van der Waals surface area contributed by atoms with Gasteiger partial charge in [0.05, 0.1) is 13.0 Å². The summed E-state index contributed by atoms with van der Waals surface area (Å²) in [6, 6.07) is 9.00. The fourth-order valence-corrected chi connectivity index (χ4v) is 5.07. The molecule has 0 saturated carbocycles. The second kappa shape index (κ2) is 9.28. The van der Waals surface area contributed by atoms with Crippen LogP contribution in [-0.2, 0) is 30.5 Å². The van der Waals surface area contributed by atoms with Gasteiger partial charge in [-0.2, -0.15) is 11.8 Å². The maximum atomic E-state index is 12.8. The molecule has 2 aliphatic rings. The van der Waals surface area contributed by atoms with E-state index in [-0.39, 0.29) is 35.7 Å². The fraction of sp³-hybridized carbons (Fsp3) is 0.476. The number of amides is 1. The van der Waals surface area contributed by atoms with Crippen molar-refractivity contribution < 1.29 is 23.9 Å². The summed E-state index contributed by atoms with van der Waals surface area (Å²) in [4.78, 5) is 38.4. The molecule has 0 aromatic heterocycles. The lowest BCUT2D eigenvalue weighted by Gasteiger charge is -2.44. The molecule has 0 radical (unpaired) electrons.